The average molecular weight is 370 g/mol. The lowest BCUT2D eigenvalue weighted by molar-refractivity contribution is 0.281. The number of methoxy groups -OCH3 is 1. The van der Waals surface area contributed by atoms with Crippen molar-refractivity contribution >= 4 is 5.65 Å². The molecule has 2 heterocycles. The Labute approximate surface area is 162 Å². The second-order valence-corrected chi connectivity index (χ2v) is 6.43. The predicted molar refractivity (Wildman–Crippen MR) is 106 cm³/mol. The number of imidazole rings is 1. The second kappa shape index (κ2) is 7.14. The third kappa shape index (κ3) is 2.88. The van der Waals surface area contributed by atoms with Gasteiger partial charge < -0.3 is 9.84 Å². The molecule has 6 heteroatoms. The molecule has 0 fully saturated rings. The van der Waals surface area contributed by atoms with E-state index in [1.807, 2.05) is 43.5 Å². The van der Waals surface area contributed by atoms with Crippen LogP contribution in [-0.2, 0) is 6.61 Å². The number of hydrogen-bond acceptors (Lipinski definition) is 5. The molecule has 6 nitrogen and oxygen atoms in total. The largest absolute Gasteiger partial charge is 0.468 e. The van der Waals surface area contributed by atoms with E-state index in [4.69, 9.17) is 15.0 Å². The molecule has 0 radical (unpaired) electrons. The molecule has 0 aliphatic heterocycles. The number of nitriles is 1. The number of aliphatic hydroxyl groups excluding tert-OH is 1. The van der Waals surface area contributed by atoms with Gasteiger partial charge in [-0.3, -0.25) is 4.40 Å². The molecule has 4 rings (SSSR count). The van der Waals surface area contributed by atoms with Gasteiger partial charge in [0, 0.05) is 18.0 Å². The van der Waals surface area contributed by atoms with Crippen LogP contribution < -0.4 is 4.74 Å². The molecular formula is C22H18N4O2. The number of rotatable bonds is 4. The van der Waals surface area contributed by atoms with Crippen LogP contribution in [0.25, 0.3) is 28.0 Å². The topological polar surface area (TPSA) is 83.4 Å². The molecule has 0 saturated heterocycles. The van der Waals surface area contributed by atoms with E-state index in [0.717, 1.165) is 39.2 Å². The quantitative estimate of drug-likeness (QED) is 0.592. The smallest absolute Gasteiger partial charge is 0.302 e. The third-order valence-electron chi connectivity index (χ3n) is 4.79. The van der Waals surface area contributed by atoms with E-state index >= 15 is 0 Å². The van der Waals surface area contributed by atoms with E-state index in [2.05, 4.69) is 11.1 Å². The Morgan fingerprint density at radius 3 is 2.54 bits per heavy atom. The van der Waals surface area contributed by atoms with Crippen LogP contribution in [0.5, 0.6) is 6.01 Å². The molecule has 0 bridgehead atoms. The summed E-state index contributed by atoms with van der Waals surface area (Å²) in [6, 6.07) is 15.7. The summed E-state index contributed by atoms with van der Waals surface area (Å²) in [5.74, 6) is 0. The highest BCUT2D eigenvalue weighted by atomic mass is 16.5. The van der Waals surface area contributed by atoms with Crippen molar-refractivity contribution in [1.29, 1.82) is 5.26 Å². The van der Waals surface area contributed by atoms with Gasteiger partial charge in [0.1, 0.15) is 0 Å². The first kappa shape index (κ1) is 17.7. The molecule has 2 aromatic carbocycles. The van der Waals surface area contributed by atoms with E-state index in [9.17, 15) is 5.11 Å². The maximum atomic E-state index is 9.50. The first-order valence-electron chi connectivity index (χ1n) is 8.78. The van der Waals surface area contributed by atoms with Crippen molar-refractivity contribution in [2.24, 2.45) is 0 Å². The van der Waals surface area contributed by atoms with Gasteiger partial charge in [-0.2, -0.15) is 10.2 Å². The number of aromatic nitrogens is 3. The van der Waals surface area contributed by atoms with Gasteiger partial charge in [0.05, 0.1) is 36.6 Å². The molecule has 0 unspecified atom stereocenters. The van der Waals surface area contributed by atoms with Gasteiger partial charge in [-0.15, -0.1) is 0 Å². The van der Waals surface area contributed by atoms with Crippen molar-refractivity contribution in [1.82, 2.24) is 14.4 Å². The highest BCUT2D eigenvalue weighted by molar-refractivity contribution is 5.90. The fourth-order valence-corrected chi connectivity index (χ4v) is 3.30. The van der Waals surface area contributed by atoms with Gasteiger partial charge in [-0.05, 0) is 35.7 Å². The minimum Gasteiger partial charge on any atom is -0.468 e. The van der Waals surface area contributed by atoms with Crippen molar-refractivity contribution in [3.8, 4) is 34.5 Å². The molecule has 2 aromatic heterocycles. The highest BCUT2D eigenvalue weighted by Gasteiger charge is 2.19. The van der Waals surface area contributed by atoms with Crippen molar-refractivity contribution < 1.29 is 9.84 Å². The van der Waals surface area contributed by atoms with E-state index in [1.165, 1.54) is 0 Å². The summed E-state index contributed by atoms with van der Waals surface area (Å²) in [6.07, 6.45) is 3.52. The molecule has 28 heavy (non-hydrogen) atoms. The van der Waals surface area contributed by atoms with Crippen LogP contribution >= 0.6 is 0 Å². The van der Waals surface area contributed by atoms with E-state index < -0.39 is 0 Å². The van der Waals surface area contributed by atoms with Crippen molar-refractivity contribution in [3.63, 3.8) is 0 Å². The summed E-state index contributed by atoms with van der Waals surface area (Å²) in [4.78, 5) is 9.27. The van der Waals surface area contributed by atoms with Crippen LogP contribution in [0.4, 0.5) is 0 Å². The van der Waals surface area contributed by atoms with Crippen molar-refractivity contribution in [2.75, 3.05) is 7.11 Å². The normalized spacial score (nSPS) is 10.8. The number of ether oxygens (including phenoxy) is 1. The Kier molecular flexibility index (Phi) is 4.52. The SMILES string of the molecule is COc1nc(-c2ccc(C#N)cc2)c(-c2ccc(CO)c(C)c2)c2nccn12. The number of benzene rings is 2. The zero-order valence-corrected chi connectivity index (χ0v) is 15.5. The molecule has 1 N–H and O–H groups in total. The first-order valence-corrected chi connectivity index (χ1v) is 8.78. The summed E-state index contributed by atoms with van der Waals surface area (Å²) in [5, 5.41) is 18.6. The summed E-state index contributed by atoms with van der Waals surface area (Å²) < 4.78 is 7.27. The van der Waals surface area contributed by atoms with Gasteiger partial charge in [0.25, 0.3) is 0 Å². The average Bonchev–Trinajstić information content (AvgIpc) is 3.22. The summed E-state index contributed by atoms with van der Waals surface area (Å²) in [6.45, 7) is 1.96. The molecule has 4 aromatic rings. The zero-order valence-electron chi connectivity index (χ0n) is 15.5. The van der Waals surface area contributed by atoms with Crippen LogP contribution in [0.2, 0.25) is 0 Å². The maximum Gasteiger partial charge on any atom is 0.302 e. The molecule has 0 amide bonds. The number of nitrogens with zero attached hydrogens (tertiary/aromatic N) is 4. The third-order valence-corrected chi connectivity index (χ3v) is 4.79. The summed E-state index contributed by atoms with van der Waals surface area (Å²) in [5.41, 5.74) is 6.57. The Balaban J connectivity index is 2.04. The van der Waals surface area contributed by atoms with E-state index in [1.54, 1.807) is 29.8 Å². The molecule has 138 valence electrons. The van der Waals surface area contributed by atoms with E-state index in [-0.39, 0.29) is 6.61 Å². The maximum absolute atomic E-state index is 9.50. The Morgan fingerprint density at radius 1 is 1.14 bits per heavy atom. The molecule has 0 spiro atoms. The molecule has 0 aliphatic rings. The monoisotopic (exact) mass is 370 g/mol. The molecule has 0 saturated carbocycles. The van der Waals surface area contributed by atoms with Crippen LogP contribution in [0.3, 0.4) is 0 Å². The number of aryl methyl sites for hydroxylation is 1. The fraction of sp³-hybridized carbons (Fsp3) is 0.136. The lowest BCUT2D eigenvalue weighted by Crippen LogP contribution is -2.02. The minimum atomic E-state index is -0.00571. The van der Waals surface area contributed by atoms with Crippen molar-refractivity contribution in [2.45, 2.75) is 13.5 Å². The number of fused-ring (bicyclic) bond motifs is 1. The fourth-order valence-electron chi connectivity index (χ4n) is 3.30. The molecule has 0 atom stereocenters. The number of hydrogen-bond donors (Lipinski definition) is 1. The Hall–Kier alpha value is -3.69. The highest BCUT2D eigenvalue weighted by Crippen LogP contribution is 2.36. The van der Waals surface area contributed by atoms with Gasteiger partial charge in [0.15, 0.2) is 5.65 Å². The van der Waals surface area contributed by atoms with Gasteiger partial charge in [0.2, 0.25) is 0 Å². The lowest BCUT2D eigenvalue weighted by atomic mass is 9.96. The number of aliphatic hydroxyl groups is 1. The van der Waals surface area contributed by atoms with Crippen LogP contribution in [0, 0.1) is 18.3 Å². The van der Waals surface area contributed by atoms with Gasteiger partial charge >= 0.3 is 6.01 Å². The Morgan fingerprint density at radius 2 is 1.89 bits per heavy atom. The molecule has 0 aliphatic carbocycles. The van der Waals surface area contributed by atoms with Gasteiger partial charge in [-0.25, -0.2) is 4.98 Å². The van der Waals surface area contributed by atoms with Crippen LogP contribution in [0.1, 0.15) is 16.7 Å². The summed E-state index contributed by atoms with van der Waals surface area (Å²) in [7, 11) is 1.57. The Bertz CT molecular complexity index is 1200. The first-order chi connectivity index (χ1) is 13.7. The molecular weight excluding hydrogens is 352 g/mol. The van der Waals surface area contributed by atoms with Gasteiger partial charge in [-0.1, -0.05) is 30.3 Å². The lowest BCUT2D eigenvalue weighted by Gasteiger charge is -2.15. The standard InChI is InChI=1S/C22H18N4O2/c1-14-11-17(7-8-18(14)13-27)19-20(16-5-3-15(12-23)4-6-16)25-22(28-2)26-10-9-24-21(19)26/h3-11,27H,13H2,1-2H3. The predicted octanol–water partition coefficient (Wildman–Crippen LogP) is 3.74. The second-order valence-electron chi connectivity index (χ2n) is 6.43. The minimum absolute atomic E-state index is 0.00571. The zero-order chi connectivity index (χ0) is 19.7. The van der Waals surface area contributed by atoms with Crippen LogP contribution in [0.15, 0.2) is 54.9 Å². The van der Waals surface area contributed by atoms with Crippen LogP contribution in [-0.4, -0.2) is 26.6 Å². The summed E-state index contributed by atoms with van der Waals surface area (Å²) >= 11 is 0. The van der Waals surface area contributed by atoms with Crippen molar-refractivity contribution in [3.05, 3.63) is 71.5 Å². The van der Waals surface area contributed by atoms with E-state index in [0.29, 0.717) is 11.6 Å².